The van der Waals surface area contributed by atoms with Gasteiger partial charge in [0, 0.05) is 5.56 Å². The van der Waals surface area contributed by atoms with E-state index in [-0.39, 0.29) is 28.4 Å². The number of hydrogen-bond acceptors (Lipinski definition) is 5. The van der Waals surface area contributed by atoms with Crippen molar-refractivity contribution < 1.29 is 46.1 Å². The number of nitrogens with one attached hydrogen (secondary N) is 1. The highest BCUT2D eigenvalue weighted by Gasteiger charge is 2.53. The summed E-state index contributed by atoms with van der Waals surface area (Å²) in [4.78, 5) is 28.4. The second kappa shape index (κ2) is 7.90. The Labute approximate surface area is 199 Å². The van der Waals surface area contributed by atoms with Crippen molar-refractivity contribution in [3.63, 3.8) is 0 Å². The van der Waals surface area contributed by atoms with Crippen LogP contribution in [0.5, 0.6) is 11.5 Å². The molecular formula is C24H15F5N2O5. The van der Waals surface area contributed by atoms with Crippen LogP contribution in [-0.4, -0.2) is 28.3 Å². The molecule has 1 aliphatic carbocycles. The first-order chi connectivity index (χ1) is 16.9. The number of fused-ring (bicyclic) bond motifs is 1. The molecule has 0 atom stereocenters. The molecular weight excluding hydrogens is 491 g/mol. The molecule has 2 heterocycles. The molecule has 1 aliphatic heterocycles. The fourth-order valence-corrected chi connectivity index (χ4v) is 4.03. The lowest BCUT2D eigenvalue weighted by Gasteiger charge is -2.18. The van der Waals surface area contributed by atoms with Gasteiger partial charge in [0.1, 0.15) is 5.82 Å². The average molecular weight is 506 g/mol. The molecule has 0 bridgehead atoms. The van der Waals surface area contributed by atoms with Crippen molar-refractivity contribution in [3.05, 3.63) is 71.3 Å². The number of amides is 1. The molecule has 1 saturated carbocycles. The minimum Gasteiger partial charge on any atom is -0.478 e. The zero-order valence-corrected chi connectivity index (χ0v) is 18.0. The largest absolute Gasteiger partial charge is 0.586 e. The van der Waals surface area contributed by atoms with Gasteiger partial charge in [0.25, 0.3) is 0 Å². The summed E-state index contributed by atoms with van der Waals surface area (Å²) in [6.07, 6.45) is -7.89. The van der Waals surface area contributed by atoms with Crippen molar-refractivity contribution in [2.24, 2.45) is 0 Å². The molecule has 0 saturated heterocycles. The van der Waals surface area contributed by atoms with E-state index in [9.17, 15) is 36.6 Å². The van der Waals surface area contributed by atoms with E-state index in [0.29, 0.717) is 18.4 Å². The molecule has 36 heavy (non-hydrogen) atoms. The van der Waals surface area contributed by atoms with E-state index in [0.717, 1.165) is 18.2 Å². The van der Waals surface area contributed by atoms with Gasteiger partial charge in [-0.15, -0.1) is 8.78 Å². The van der Waals surface area contributed by atoms with E-state index < -0.39 is 41.0 Å². The molecule has 7 nitrogen and oxygen atoms in total. The lowest BCUT2D eigenvalue weighted by atomic mass is 9.94. The van der Waals surface area contributed by atoms with Crippen LogP contribution in [-0.2, 0) is 16.4 Å². The first kappa shape index (κ1) is 23.5. The number of halogens is 5. The zero-order chi connectivity index (χ0) is 25.9. The molecule has 0 spiro atoms. The summed E-state index contributed by atoms with van der Waals surface area (Å²) in [5.74, 6) is -2.53. The smallest absolute Gasteiger partial charge is 0.478 e. The van der Waals surface area contributed by atoms with Crippen LogP contribution in [0.2, 0.25) is 0 Å². The Balaban J connectivity index is 1.46. The zero-order valence-electron chi connectivity index (χ0n) is 18.0. The predicted molar refractivity (Wildman–Crippen MR) is 114 cm³/mol. The lowest BCUT2D eigenvalue weighted by Crippen LogP contribution is -2.28. The molecule has 0 radical (unpaired) electrons. The van der Waals surface area contributed by atoms with Crippen LogP contribution in [0.3, 0.4) is 0 Å². The maximum atomic E-state index is 13.7. The highest BCUT2D eigenvalue weighted by molar-refractivity contribution is 6.01. The summed E-state index contributed by atoms with van der Waals surface area (Å²) in [5, 5.41) is 11.7. The number of carbonyl (C=O) groups is 2. The molecule has 5 rings (SSSR count). The van der Waals surface area contributed by atoms with Crippen LogP contribution in [0.15, 0.2) is 54.6 Å². The van der Waals surface area contributed by atoms with Gasteiger partial charge < -0.3 is 19.9 Å². The number of nitrogens with zero attached hydrogens (tertiary/aromatic N) is 1. The maximum absolute atomic E-state index is 13.7. The van der Waals surface area contributed by atoms with Gasteiger partial charge in [-0.05, 0) is 54.8 Å². The van der Waals surface area contributed by atoms with Crippen LogP contribution < -0.4 is 14.8 Å². The van der Waals surface area contributed by atoms with Gasteiger partial charge in [0.15, 0.2) is 11.5 Å². The predicted octanol–water partition coefficient (Wildman–Crippen LogP) is 5.46. The van der Waals surface area contributed by atoms with Gasteiger partial charge in [-0.2, -0.15) is 13.2 Å². The fraction of sp³-hybridized carbons (Fsp3) is 0.208. The van der Waals surface area contributed by atoms with Crippen LogP contribution >= 0.6 is 0 Å². The van der Waals surface area contributed by atoms with Crippen molar-refractivity contribution in [2.45, 2.75) is 30.7 Å². The number of carboxylic acids is 1. The quantitative estimate of drug-likeness (QED) is 0.447. The molecule has 1 aromatic heterocycles. The number of carbonyl (C=O) groups excluding carboxylic acids is 1. The molecule has 3 aromatic rings. The topological polar surface area (TPSA) is 97.8 Å². The summed E-state index contributed by atoms with van der Waals surface area (Å²) >= 11 is 0. The van der Waals surface area contributed by atoms with E-state index in [1.807, 2.05) is 0 Å². The summed E-state index contributed by atoms with van der Waals surface area (Å²) in [7, 11) is 0. The molecule has 2 aromatic carbocycles. The second-order valence-electron chi connectivity index (χ2n) is 8.34. The number of alkyl halides is 5. The summed E-state index contributed by atoms with van der Waals surface area (Å²) in [6, 6.07) is 10.5. The normalized spacial score (nSPS) is 16.9. The third-order valence-corrected chi connectivity index (χ3v) is 5.96. The van der Waals surface area contributed by atoms with Gasteiger partial charge in [-0.25, -0.2) is 9.78 Å². The number of hydrogen-bond donors (Lipinski definition) is 2. The minimum atomic E-state index is -4.80. The van der Waals surface area contributed by atoms with Gasteiger partial charge in [-0.1, -0.05) is 18.2 Å². The Hall–Kier alpha value is -4.22. The highest BCUT2D eigenvalue weighted by Crippen LogP contribution is 2.52. The van der Waals surface area contributed by atoms with Crippen molar-refractivity contribution in [3.8, 4) is 22.8 Å². The molecule has 2 aliphatic rings. The van der Waals surface area contributed by atoms with Gasteiger partial charge in [0.2, 0.25) is 5.91 Å². The SMILES string of the molecule is O=C(O)c1cccc(-c2nc(NC(=O)C3(c4ccc5c(c4)OC(F)(F)O5)CC3)ccc2C(F)(F)F)c1. The van der Waals surface area contributed by atoms with E-state index >= 15 is 0 Å². The first-order valence-electron chi connectivity index (χ1n) is 10.5. The van der Waals surface area contributed by atoms with Gasteiger partial charge >= 0.3 is 18.4 Å². The Morgan fingerprint density at radius 2 is 1.69 bits per heavy atom. The third kappa shape index (κ3) is 4.18. The number of anilines is 1. The van der Waals surface area contributed by atoms with Crippen molar-refractivity contribution in [2.75, 3.05) is 5.32 Å². The number of carboxylic acid groups (broad SMARTS) is 1. The van der Waals surface area contributed by atoms with Crippen molar-refractivity contribution in [1.29, 1.82) is 0 Å². The molecule has 12 heteroatoms. The number of rotatable bonds is 5. The molecule has 2 N–H and O–H groups in total. The minimum absolute atomic E-state index is 0.101. The Morgan fingerprint density at radius 3 is 2.36 bits per heavy atom. The molecule has 1 fully saturated rings. The van der Waals surface area contributed by atoms with E-state index in [4.69, 9.17) is 0 Å². The number of pyridine rings is 1. The molecule has 1 amide bonds. The Morgan fingerprint density at radius 1 is 0.972 bits per heavy atom. The van der Waals surface area contributed by atoms with Crippen molar-refractivity contribution in [1.82, 2.24) is 4.98 Å². The Kier molecular flexibility index (Phi) is 5.16. The van der Waals surface area contributed by atoms with Gasteiger partial charge in [-0.3, -0.25) is 4.79 Å². The van der Waals surface area contributed by atoms with Crippen LogP contribution in [0.4, 0.5) is 27.8 Å². The summed E-state index contributed by atoms with van der Waals surface area (Å²) in [5.41, 5.74) is -2.73. The first-order valence-corrected chi connectivity index (χ1v) is 10.5. The van der Waals surface area contributed by atoms with Crippen LogP contribution in [0, 0.1) is 0 Å². The lowest BCUT2D eigenvalue weighted by molar-refractivity contribution is -0.286. The molecule has 0 unspecified atom stereocenters. The van der Waals surface area contributed by atoms with E-state index in [2.05, 4.69) is 19.8 Å². The van der Waals surface area contributed by atoms with E-state index in [1.54, 1.807) is 0 Å². The molecule has 186 valence electrons. The maximum Gasteiger partial charge on any atom is 0.586 e. The summed E-state index contributed by atoms with van der Waals surface area (Å²) in [6.45, 7) is 0. The van der Waals surface area contributed by atoms with Crippen molar-refractivity contribution >= 4 is 17.7 Å². The average Bonchev–Trinajstić information content (AvgIpc) is 3.55. The number of benzene rings is 2. The Bertz CT molecular complexity index is 1400. The van der Waals surface area contributed by atoms with Gasteiger partial charge in [0.05, 0.1) is 22.2 Å². The standard InChI is InChI=1S/C24H15F5N2O5/c25-23(26,27)15-5-7-18(30-19(15)12-2-1-3-13(10-12)20(32)33)31-21(34)22(8-9-22)14-4-6-16-17(11-14)36-24(28,29)35-16/h1-7,10-11H,8-9H2,(H,32,33)(H,30,31,34). The highest BCUT2D eigenvalue weighted by atomic mass is 19.4. The number of aromatic nitrogens is 1. The fourth-order valence-electron chi connectivity index (χ4n) is 4.03. The van der Waals surface area contributed by atoms with Crippen LogP contribution in [0.25, 0.3) is 11.3 Å². The monoisotopic (exact) mass is 506 g/mol. The number of ether oxygens (including phenoxy) is 2. The van der Waals surface area contributed by atoms with E-state index in [1.165, 1.54) is 36.4 Å². The summed E-state index contributed by atoms with van der Waals surface area (Å²) < 4.78 is 76.5. The number of aromatic carboxylic acids is 1. The second-order valence-corrected chi connectivity index (χ2v) is 8.34. The van der Waals surface area contributed by atoms with Crippen LogP contribution in [0.1, 0.15) is 34.3 Å². The third-order valence-electron chi connectivity index (χ3n) is 5.96.